The van der Waals surface area contributed by atoms with Gasteiger partial charge in [-0.05, 0) is 12.1 Å². The van der Waals surface area contributed by atoms with Gasteiger partial charge in [-0.1, -0.05) is 12.1 Å². The average Bonchev–Trinajstić information content (AvgIpc) is 2.68. The van der Waals surface area contributed by atoms with E-state index >= 15 is 0 Å². The Labute approximate surface area is 157 Å². The van der Waals surface area contributed by atoms with Crippen LogP contribution in [0.1, 0.15) is 0 Å². The predicted octanol–water partition coefficient (Wildman–Crippen LogP) is -0.130. The van der Waals surface area contributed by atoms with Crippen LogP contribution in [-0.4, -0.2) is 75.3 Å². The summed E-state index contributed by atoms with van der Waals surface area (Å²) >= 11 is 0. The lowest BCUT2D eigenvalue weighted by Gasteiger charge is -2.29. The van der Waals surface area contributed by atoms with Gasteiger partial charge in [-0.15, -0.1) is 0 Å². The maximum Gasteiger partial charge on any atom is 0.335 e. The molecule has 0 aromatic heterocycles. The first-order valence-electron chi connectivity index (χ1n) is 8.86. The number of carbonyl (C=O) groups excluding carboxylic acids is 3. The smallest absolute Gasteiger partial charge is 0.335 e. The van der Waals surface area contributed by atoms with Crippen LogP contribution in [0.25, 0.3) is 0 Å². The largest absolute Gasteiger partial charge is 0.495 e. The molecule has 0 spiro atoms. The molecule has 1 aromatic rings. The van der Waals surface area contributed by atoms with Gasteiger partial charge in [0.1, 0.15) is 5.75 Å². The van der Waals surface area contributed by atoms with E-state index in [9.17, 15) is 14.4 Å². The zero-order valence-corrected chi connectivity index (χ0v) is 15.2. The van der Waals surface area contributed by atoms with Gasteiger partial charge in [0.05, 0.1) is 19.3 Å². The van der Waals surface area contributed by atoms with E-state index in [1.165, 1.54) is 13.3 Å². The van der Waals surface area contributed by atoms with Gasteiger partial charge in [0.2, 0.25) is 5.91 Å². The molecular formula is C18H23N5O4. The Morgan fingerprint density at radius 1 is 1.22 bits per heavy atom. The number of carbonyl (C=O) groups is 3. The SMILES string of the molecule is COc1ccccc1N1C(=O)NC(=O)[C@@H](C=NCCN2CCNCC2)C1=O. The molecule has 0 radical (unpaired) electrons. The Kier molecular flexibility index (Phi) is 6.15. The molecule has 0 saturated carbocycles. The molecule has 0 aliphatic carbocycles. The van der Waals surface area contributed by atoms with Crippen molar-refractivity contribution in [3.63, 3.8) is 0 Å². The van der Waals surface area contributed by atoms with Crippen molar-refractivity contribution >= 4 is 29.7 Å². The number of amides is 4. The van der Waals surface area contributed by atoms with E-state index in [-0.39, 0.29) is 5.69 Å². The topological polar surface area (TPSA) is 103 Å². The number of nitrogens with one attached hydrogen (secondary N) is 2. The molecule has 2 fully saturated rings. The number of barbiturate groups is 1. The molecule has 2 aliphatic heterocycles. The Morgan fingerprint density at radius 2 is 1.96 bits per heavy atom. The highest BCUT2D eigenvalue weighted by Gasteiger charge is 2.41. The highest BCUT2D eigenvalue weighted by Crippen LogP contribution is 2.30. The van der Waals surface area contributed by atoms with E-state index in [1.807, 2.05) is 0 Å². The van der Waals surface area contributed by atoms with Crippen LogP contribution in [0.5, 0.6) is 5.75 Å². The third kappa shape index (κ3) is 4.32. The normalized spacial score (nSPS) is 21.6. The zero-order valence-electron chi connectivity index (χ0n) is 15.2. The van der Waals surface area contributed by atoms with Crippen LogP contribution in [0.2, 0.25) is 0 Å². The summed E-state index contributed by atoms with van der Waals surface area (Å²) in [5.74, 6) is -2.08. The van der Waals surface area contributed by atoms with Crippen LogP contribution in [-0.2, 0) is 9.59 Å². The van der Waals surface area contributed by atoms with E-state index in [4.69, 9.17) is 4.74 Å². The van der Waals surface area contributed by atoms with Crippen LogP contribution in [0.4, 0.5) is 10.5 Å². The minimum atomic E-state index is -1.14. The lowest BCUT2D eigenvalue weighted by Crippen LogP contribution is -2.58. The maximum absolute atomic E-state index is 12.8. The third-order valence-electron chi connectivity index (χ3n) is 4.54. The van der Waals surface area contributed by atoms with Gasteiger partial charge in [-0.3, -0.25) is 24.8 Å². The lowest BCUT2D eigenvalue weighted by atomic mass is 10.1. The number of piperazine rings is 1. The summed E-state index contributed by atoms with van der Waals surface area (Å²) in [4.78, 5) is 44.6. The highest BCUT2D eigenvalue weighted by atomic mass is 16.5. The van der Waals surface area contributed by atoms with Gasteiger partial charge in [0.25, 0.3) is 5.91 Å². The number of hydrogen-bond donors (Lipinski definition) is 2. The molecule has 1 aromatic carbocycles. The summed E-state index contributed by atoms with van der Waals surface area (Å²) in [5.41, 5.74) is 0.286. The molecule has 9 nitrogen and oxygen atoms in total. The number of hydrogen-bond acceptors (Lipinski definition) is 7. The Balaban J connectivity index is 1.69. The van der Waals surface area contributed by atoms with Gasteiger partial charge in [-0.2, -0.15) is 0 Å². The van der Waals surface area contributed by atoms with Crippen molar-refractivity contribution in [1.82, 2.24) is 15.5 Å². The second kappa shape index (κ2) is 8.74. The fraction of sp³-hybridized carbons (Fsp3) is 0.444. The number of nitrogens with zero attached hydrogens (tertiary/aromatic N) is 3. The molecule has 2 saturated heterocycles. The molecule has 9 heteroatoms. The quantitative estimate of drug-likeness (QED) is 0.532. The van der Waals surface area contributed by atoms with Crippen molar-refractivity contribution in [2.24, 2.45) is 10.9 Å². The summed E-state index contributed by atoms with van der Waals surface area (Å²) in [5, 5.41) is 5.49. The second-order valence-corrected chi connectivity index (χ2v) is 6.26. The summed E-state index contributed by atoms with van der Waals surface area (Å²) in [6.07, 6.45) is 1.33. The van der Waals surface area contributed by atoms with Crippen molar-refractivity contribution in [2.75, 3.05) is 51.3 Å². The van der Waals surface area contributed by atoms with Crippen LogP contribution in [0, 0.1) is 5.92 Å². The molecule has 0 bridgehead atoms. The molecule has 3 rings (SSSR count). The number of anilines is 1. The van der Waals surface area contributed by atoms with E-state index < -0.39 is 23.8 Å². The molecule has 1 atom stereocenters. The Bertz CT molecular complexity index is 745. The molecule has 2 heterocycles. The molecule has 144 valence electrons. The molecule has 27 heavy (non-hydrogen) atoms. The fourth-order valence-corrected chi connectivity index (χ4v) is 3.08. The molecular weight excluding hydrogens is 350 g/mol. The van der Waals surface area contributed by atoms with Gasteiger partial charge in [-0.25, -0.2) is 9.69 Å². The van der Waals surface area contributed by atoms with Crippen LogP contribution in [0.3, 0.4) is 0 Å². The van der Waals surface area contributed by atoms with Gasteiger partial charge in [0.15, 0.2) is 5.92 Å². The average molecular weight is 373 g/mol. The first-order valence-corrected chi connectivity index (χ1v) is 8.86. The van der Waals surface area contributed by atoms with Crippen LogP contribution in [0.15, 0.2) is 29.3 Å². The second-order valence-electron chi connectivity index (χ2n) is 6.26. The van der Waals surface area contributed by atoms with Crippen molar-refractivity contribution in [3.8, 4) is 5.75 Å². The standard InChI is InChI=1S/C18H23N5O4/c1-27-15-5-3-2-4-14(15)23-17(25)13(16(24)21-18(23)26)12-20-8-11-22-9-6-19-7-10-22/h2-5,12-13,19H,6-11H2,1H3,(H,21,24,26)/t13-/m1/s1. The van der Waals surface area contributed by atoms with Crippen molar-refractivity contribution in [1.29, 1.82) is 0 Å². The Hall–Kier alpha value is -2.78. The summed E-state index contributed by atoms with van der Waals surface area (Å²) in [7, 11) is 1.45. The van der Waals surface area contributed by atoms with E-state index in [1.54, 1.807) is 24.3 Å². The first kappa shape index (κ1) is 19.0. The molecule has 2 aliphatic rings. The van der Waals surface area contributed by atoms with Crippen LogP contribution < -0.4 is 20.3 Å². The number of aliphatic imine (C=N–C) groups is 1. The number of benzene rings is 1. The maximum atomic E-state index is 12.8. The van der Waals surface area contributed by atoms with Gasteiger partial charge >= 0.3 is 6.03 Å². The van der Waals surface area contributed by atoms with Gasteiger partial charge in [0, 0.05) is 38.9 Å². The Morgan fingerprint density at radius 3 is 2.70 bits per heavy atom. The number of imide groups is 2. The monoisotopic (exact) mass is 373 g/mol. The summed E-state index contributed by atoms with van der Waals surface area (Å²) in [6, 6.07) is 5.86. The number of rotatable bonds is 6. The van der Waals surface area contributed by atoms with Crippen molar-refractivity contribution in [3.05, 3.63) is 24.3 Å². The number of methoxy groups -OCH3 is 1. The van der Waals surface area contributed by atoms with Gasteiger partial charge < -0.3 is 10.1 Å². The highest BCUT2D eigenvalue weighted by molar-refractivity contribution is 6.32. The summed E-state index contributed by atoms with van der Waals surface area (Å²) < 4.78 is 5.22. The van der Waals surface area contributed by atoms with Crippen molar-refractivity contribution in [2.45, 2.75) is 0 Å². The molecule has 0 unspecified atom stereocenters. The molecule has 4 amide bonds. The van der Waals surface area contributed by atoms with E-state index in [0.29, 0.717) is 12.3 Å². The minimum absolute atomic E-state index is 0.286. The first-order chi connectivity index (χ1) is 13.1. The van der Waals surface area contributed by atoms with Crippen molar-refractivity contribution < 1.29 is 19.1 Å². The third-order valence-corrected chi connectivity index (χ3v) is 4.54. The lowest BCUT2D eigenvalue weighted by molar-refractivity contribution is -0.131. The molecule has 2 N–H and O–H groups in total. The van der Waals surface area contributed by atoms with E-state index in [2.05, 4.69) is 20.5 Å². The van der Waals surface area contributed by atoms with Crippen LogP contribution >= 0.6 is 0 Å². The predicted molar refractivity (Wildman–Crippen MR) is 100 cm³/mol. The zero-order chi connectivity index (χ0) is 19.2. The van der Waals surface area contributed by atoms with E-state index in [0.717, 1.165) is 37.6 Å². The number of para-hydroxylation sites is 2. The number of ether oxygens (including phenoxy) is 1. The minimum Gasteiger partial charge on any atom is -0.495 e. The number of urea groups is 1. The fourth-order valence-electron chi connectivity index (χ4n) is 3.08. The summed E-state index contributed by atoms with van der Waals surface area (Å²) in [6.45, 7) is 5.05.